The Hall–Kier alpha value is -0.430. The van der Waals surface area contributed by atoms with Crippen LogP contribution >= 0.6 is 15.9 Å². The van der Waals surface area contributed by atoms with Crippen LogP contribution in [0, 0.1) is 5.41 Å². The van der Waals surface area contributed by atoms with E-state index in [1.807, 2.05) is 20.8 Å². The monoisotopic (exact) mass is 334 g/mol. The van der Waals surface area contributed by atoms with Crippen LogP contribution in [0.1, 0.15) is 32.6 Å². The largest absolute Gasteiger partial charge is 0.384 e. The third kappa shape index (κ3) is 4.02. The van der Waals surface area contributed by atoms with Crippen molar-refractivity contribution in [2.24, 2.45) is 5.41 Å². The Morgan fingerprint density at radius 3 is 2.53 bits per heavy atom. The van der Waals surface area contributed by atoms with Gasteiger partial charge >= 0.3 is 0 Å². The summed E-state index contributed by atoms with van der Waals surface area (Å²) in [6.07, 6.45) is 0.615. The van der Waals surface area contributed by atoms with Crippen molar-refractivity contribution in [1.82, 2.24) is 9.78 Å². The Kier molecular flexibility index (Phi) is 5.98. The Labute approximate surface area is 123 Å². The highest BCUT2D eigenvalue weighted by Gasteiger charge is 2.35. The third-order valence-corrected chi connectivity index (χ3v) is 3.63. The first-order valence-corrected chi connectivity index (χ1v) is 7.03. The molecule has 0 saturated heterocycles. The molecular weight excluding hydrogens is 312 g/mol. The lowest BCUT2D eigenvalue weighted by Crippen LogP contribution is -2.35. The van der Waals surface area contributed by atoms with E-state index >= 15 is 0 Å². The van der Waals surface area contributed by atoms with Gasteiger partial charge in [0.1, 0.15) is 6.10 Å². The van der Waals surface area contributed by atoms with Gasteiger partial charge in [0, 0.05) is 14.2 Å². The number of aliphatic hydroxyl groups excluding tert-OH is 1. The fourth-order valence-electron chi connectivity index (χ4n) is 2.12. The lowest BCUT2D eigenvalue weighted by atomic mass is 9.84. The number of hydrogen-bond donors (Lipinski definition) is 1. The molecule has 5 nitrogen and oxygen atoms in total. The first-order chi connectivity index (χ1) is 8.82. The summed E-state index contributed by atoms with van der Waals surface area (Å²) in [5.41, 5.74) is 0.545. The summed E-state index contributed by atoms with van der Waals surface area (Å²) in [4.78, 5) is 0. The molecular formula is C13H23BrN2O3. The SMILES string of the molecule is COCCn1ncc(Br)c1C(O)C(OC)C(C)(C)C. The molecule has 0 spiro atoms. The molecule has 0 amide bonds. The van der Waals surface area contributed by atoms with Gasteiger partial charge in [-0.3, -0.25) is 4.68 Å². The number of nitrogens with zero attached hydrogens (tertiary/aromatic N) is 2. The Morgan fingerprint density at radius 2 is 2.05 bits per heavy atom. The summed E-state index contributed by atoms with van der Waals surface area (Å²) in [5, 5.41) is 14.9. The van der Waals surface area contributed by atoms with Crippen molar-refractivity contribution in [3.05, 3.63) is 16.4 Å². The van der Waals surface area contributed by atoms with Gasteiger partial charge in [0.25, 0.3) is 0 Å². The van der Waals surface area contributed by atoms with Crippen LogP contribution in [0.15, 0.2) is 10.7 Å². The summed E-state index contributed by atoms with van der Waals surface area (Å²) >= 11 is 3.43. The average Bonchev–Trinajstić information content (AvgIpc) is 2.66. The van der Waals surface area contributed by atoms with E-state index in [-0.39, 0.29) is 11.5 Å². The summed E-state index contributed by atoms with van der Waals surface area (Å²) in [5.74, 6) is 0. The fraction of sp³-hybridized carbons (Fsp3) is 0.769. The Bertz CT molecular complexity index is 401. The van der Waals surface area contributed by atoms with Gasteiger partial charge in [-0.15, -0.1) is 0 Å². The molecule has 0 aliphatic rings. The van der Waals surface area contributed by atoms with Crippen LogP contribution in [0.5, 0.6) is 0 Å². The van der Waals surface area contributed by atoms with Gasteiger partial charge < -0.3 is 14.6 Å². The summed E-state index contributed by atoms with van der Waals surface area (Å²) < 4.78 is 13.1. The maximum absolute atomic E-state index is 10.6. The van der Waals surface area contributed by atoms with Gasteiger partial charge in [0.15, 0.2) is 0 Å². The molecule has 2 atom stereocenters. The number of rotatable bonds is 6. The maximum atomic E-state index is 10.6. The highest BCUT2D eigenvalue weighted by Crippen LogP contribution is 2.35. The summed E-state index contributed by atoms with van der Waals surface area (Å²) in [7, 11) is 3.25. The third-order valence-electron chi connectivity index (χ3n) is 3.01. The molecule has 19 heavy (non-hydrogen) atoms. The standard InChI is InChI=1S/C13H23BrN2O3/c1-13(2,3)12(19-5)11(17)10-9(14)8-15-16(10)6-7-18-4/h8,11-12,17H,6-7H2,1-5H3. The molecule has 0 aliphatic carbocycles. The van der Waals surface area contributed by atoms with Gasteiger partial charge in [-0.05, 0) is 21.3 Å². The van der Waals surface area contributed by atoms with Crippen molar-refractivity contribution in [2.75, 3.05) is 20.8 Å². The van der Waals surface area contributed by atoms with Crippen molar-refractivity contribution in [3.8, 4) is 0 Å². The number of ether oxygens (including phenoxy) is 2. The van der Waals surface area contributed by atoms with Crippen molar-refractivity contribution in [1.29, 1.82) is 0 Å². The Morgan fingerprint density at radius 1 is 1.42 bits per heavy atom. The number of aromatic nitrogens is 2. The molecule has 1 aromatic rings. The first-order valence-electron chi connectivity index (χ1n) is 6.24. The number of hydrogen-bond acceptors (Lipinski definition) is 4. The normalized spacial score (nSPS) is 15.5. The van der Waals surface area contributed by atoms with E-state index < -0.39 is 6.10 Å². The van der Waals surface area contributed by atoms with Crippen LogP contribution < -0.4 is 0 Å². The molecule has 0 bridgehead atoms. The molecule has 2 unspecified atom stereocenters. The van der Waals surface area contributed by atoms with Gasteiger partial charge in [-0.1, -0.05) is 20.8 Å². The second-order valence-corrected chi connectivity index (χ2v) is 6.42. The predicted molar refractivity (Wildman–Crippen MR) is 77.0 cm³/mol. The second kappa shape index (κ2) is 6.83. The number of methoxy groups -OCH3 is 2. The van der Waals surface area contributed by atoms with Gasteiger partial charge in [-0.2, -0.15) is 5.10 Å². The number of aliphatic hydroxyl groups is 1. The topological polar surface area (TPSA) is 56.5 Å². The molecule has 1 aromatic heterocycles. The van der Waals surface area contributed by atoms with E-state index in [1.165, 1.54) is 0 Å². The zero-order valence-electron chi connectivity index (χ0n) is 12.2. The average molecular weight is 335 g/mol. The zero-order chi connectivity index (χ0) is 14.6. The molecule has 1 heterocycles. The fourth-order valence-corrected chi connectivity index (χ4v) is 2.65. The van der Waals surface area contributed by atoms with Crippen LogP contribution in [0.25, 0.3) is 0 Å². The second-order valence-electron chi connectivity index (χ2n) is 5.56. The van der Waals surface area contributed by atoms with E-state index in [4.69, 9.17) is 9.47 Å². The minimum atomic E-state index is -0.751. The van der Waals surface area contributed by atoms with E-state index in [0.717, 1.165) is 10.2 Å². The molecule has 1 N–H and O–H groups in total. The minimum absolute atomic E-state index is 0.177. The van der Waals surface area contributed by atoms with Gasteiger partial charge in [-0.25, -0.2) is 0 Å². The molecule has 0 saturated carbocycles. The van der Waals surface area contributed by atoms with E-state index in [2.05, 4.69) is 21.0 Å². The van der Waals surface area contributed by atoms with E-state index in [9.17, 15) is 5.11 Å². The zero-order valence-corrected chi connectivity index (χ0v) is 13.8. The van der Waals surface area contributed by atoms with Crippen molar-refractivity contribution >= 4 is 15.9 Å². The molecule has 0 aromatic carbocycles. The van der Waals surface area contributed by atoms with E-state index in [1.54, 1.807) is 25.1 Å². The first kappa shape index (κ1) is 16.6. The van der Waals surface area contributed by atoms with E-state index in [0.29, 0.717) is 13.2 Å². The van der Waals surface area contributed by atoms with Crippen LogP contribution in [-0.4, -0.2) is 41.8 Å². The molecule has 6 heteroatoms. The van der Waals surface area contributed by atoms with Crippen LogP contribution in [-0.2, 0) is 16.0 Å². The maximum Gasteiger partial charge on any atom is 0.123 e. The van der Waals surface area contributed by atoms with Gasteiger partial charge in [0.2, 0.25) is 0 Å². The van der Waals surface area contributed by atoms with Crippen molar-refractivity contribution in [3.63, 3.8) is 0 Å². The van der Waals surface area contributed by atoms with Gasteiger partial charge in [0.05, 0.1) is 35.6 Å². The highest BCUT2D eigenvalue weighted by atomic mass is 79.9. The van der Waals surface area contributed by atoms with Crippen molar-refractivity contribution in [2.45, 2.75) is 39.5 Å². The van der Waals surface area contributed by atoms with Crippen LogP contribution in [0.4, 0.5) is 0 Å². The predicted octanol–water partition coefficient (Wildman–Crippen LogP) is 2.39. The Balaban J connectivity index is 3.03. The molecule has 110 valence electrons. The minimum Gasteiger partial charge on any atom is -0.384 e. The molecule has 0 aliphatic heterocycles. The summed E-state index contributed by atoms with van der Waals surface area (Å²) in [6, 6.07) is 0. The van der Waals surface area contributed by atoms with Crippen LogP contribution in [0.2, 0.25) is 0 Å². The smallest absolute Gasteiger partial charge is 0.123 e. The molecule has 0 fully saturated rings. The number of halogens is 1. The lowest BCUT2D eigenvalue weighted by Gasteiger charge is -2.33. The molecule has 0 radical (unpaired) electrons. The quantitative estimate of drug-likeness (QED) is 0.867. The molecule has 1 rings (SSSR count). The summed E-state index contributed by atoms with van der Waals surface area (Å²) in [6.45, 7) is 7.24. The lowest BCUT2D eigenvalue weighted by molar-refractivity contribution is -0.0759. The van der Waals surface area contributed by atoms with Crippen molar-refractivity contribution < 1.29 is 14.6 Å². The van der Waals surface area contributed by atoms with Crippen LogP contribution in [0.3, 0.4) is 0 Å². The highest BCUT2D eigenvalue weighted by molar-refractivity contribution is 9.10.